The monoisotopic (exact) mass is 654 g/mol. The van der Waals surface area contributed by atoms with Gasteiger partial charge < -0.3 is 25.8 Å². The van der Waals surface area contributed by atoms with Gasteiger partial charge in [0.1, 0.15) is 23.6 Å². The van der Waals surface area contributed by atoms with Gasteiger partial charge in [-0.15, -0.1) is 0 Å². The Labute approximate surface area is 249 Å². The van der Waals surface area contributed by atoms with Gasteiger partial charge in [-0.1, -0.05) is 30.0 Å². The molecule has 0 aliphatic carbocycles. The second-order valence-electron chi connectivity index (χ2n) is 10.5. The summed E-state index contributed by atoms with van der Waals surface area (Å²) in [5.74, 6) is -0.126. The minimum atomic E-state index is -4.70. The van der Waals surface area contributed by atoms with E-state index in [-0.39, 0.29) is 28.9 Å². The fourth-order valence-electron chi connectivity index (χ4n) is 3.97. The van der Waals surface area contributed by atoms with E-state index in [4.69, 9.17) is 19.5 Å². The third kappa shape index (κ3) is 8.65. The van der Waals surface area contributed by atoms with E-state index in [2.05, 4.69) is 10.1 Å². The number of hydrogen-bond acceptors (Lipinski definition) is 12. The highest BCUT2D eigenvalue weighted by molar-refractivity contribution is 8.13. The quantitative estimate of drug-likeness (QED) is 0.156. The summed E-state index contributed by atoms with van der Waals surface area (Å²) in [5.41, 5.74) is 0.282. The Bertz CT molecular complexity index is 1390. The average molecular weight is 655 g/mol. The second kappa shape index (κ2) is 13.7. The molecule has 0 radical (unpaired) electrons. The number of anilines is 1. The molecule has 240 valence electrons. The maximum Gasteiger partial charge on any atom is 0.416 e. The van der Waals surface area contributed by atoms with Gasteiger partial charge in [-0.25, -0.2) is 14.4 Å². The Morgan fingerprint density at radius 2 is 1.95 bits per heavy atom. The van der Waals surface area contributed by atoms with Gasteiger partial charge in [0.15, 0.2) is 11.3 Å². The first-order valence-corrected chi connectivity index (χ1v) is 15.4. The topological polar surface area (TPSA) is 195 Å². The number of nitrogens with two attached hydrogens (primary N) is 1. The lowest BCUT2D eigenvalue weighted by molar-refractivity contribution is -0.138. The number of rotatable bonds is 13. The molecule has 1 aromatic carbocycles. The zero-order chi connectivity index (χ0) is 32.2. The molecule has 1 fully saturated rings. The lowest BCUT2D eigenvalue weighted by Crippen LogP contribution is -2.46. The number of nitrogens with zero attached hydrogens (tertiary/aromatic N) is 2. The fourth-order valence-corrected chi connectivity index (χ4v) is 6.19. The molecule has 2 heterocycles. The summed E-state index contributed by atoms with van der Waals surface area (Å²) in [6, 6.07) is 5.86. The third-order valence-electron chi connectivity index (χ3n) is 6.58. The highest BCUT2D eigenvalue weighted by Crippen LogP contribution is 2.47. The molecule has 3 rings (SSSR count). The van der Waals surface area contributed by atoms with Crippen molar-refractivity contribution in [2.24, 2.45) is 5.41 Å². The number of alkyl halides is 3. The van der Waals surface area contributed by atoms with Gasteiger partial charge in [0.05, 0.1) is 30.8 Å². The number of nitrogen functional groups attached to an aromatic ring is 1. The molecule has 1 aliphatic rings. The molecule has 0 bridgehead atoms. The Morgan fingerprint density at radius 3 is 2.58 bits per heavy atom. The smallest absolute Gasteiger partial charge is 0.395 e. The highest BCUT2D eigenvalue weighted by Gasteiger charge is 2.54. The molecule has 43 heavy (non-hydrogen) atoms. The molecule has 2 aromatic rings. The van der Waals surface area contributed by atoms with Crippen LogP contribution in [-0.4, -0.2) is 73.4 Å². The molecule has 18 heteroatoms. The molecule has 6 N–H and O–H groups in total. The largest absolute Gasteiger partial charge is 0.416 e. The Morgan fingerprint density at radius 1 is 1.28 bits per heavy atom. The van der Waals surface area contributed by atoms with Crippen LogP contribution in [0.3, 0.4) is 0 Å². The predicted molar refractivity (Wildman–Crippen MR) is 150 cm³/mol. The van der Waals surface area contributed by atoms with Crippen molar-refractivity contribution in [2.45, 2.75) is 57.5 Å². The van der Waals surface area contributed by atoms with Crippen LogP contribution in [0.1, 0.15) is 38.1 Å². The summed E-state index contributed by atoms with van der Waals surface area (Å²) >= 11 is 0.791. The van der Waals surface area contributed by atoms with Crippen molar-refractivity contribution in [3.8, 4) is 0 Å². The summed E-state index contributed by atoms with van der Waals surface area (Å²) in [6.45, 7) is 2.19. The van der Waals surface area contributed by atoms with E-state index >= 15 is 0 Å². The molecule has 5 atom stereocenters. The minimum absolute atomic E-state index is 0.0389. The normalized spacial score (nSPS) is 24.2. The average Bonchev–Trinajstić information content (AvgIpc) is 3.16. The van der Waals surface area contributed by atoms with Gasteiger partial charge in [0.25, 0.3) is 0 Å². The number of aliphatic hydroxyl groups is 3. The van der Waals surface area contributed by atoms with Crippen LogP contribution in [0.4, 0.5) is 19.0 Å². The first kappa shape index (κ1) is 35.1. The van der Waals surface area contributed by atoms with E-state index in [9.17, 15) is 42.6 Å². The van der Waals surface area contributed by atoms with Crippen LogP contribution < -0.4 is 16.5 Å². The number of nitrogens with one attached hydrogen (secondary N) is 1. The molecular formula is C25H34F3N4O9PS. The molecule has 1 aliphatic heterocycles. The number of aromatic nitrogens is 2. The molecule has 0 saturated carbocycles. The lowest BCUT2D eigenvalue weighted by atomic mass is 9.96. The van der Waals surface area contributed by atoms with Crippen LogP contribution in [0.15, 0.2) is 41.3 Å². The number of carbonyl (C=O) groups excluding carboxylic acids is 1. The van der Waals surface area contributed by atoms with Gasteiger partial charge in [-0.05, 0) is 38.5 Å². The fraction of sp³-hybridized carbons (Fsp3) is 0.560. The molecule has 13 nitrogen and oxygen atoms in total. The highest BCUT2D eigenvalue weighted by atomic mass is 32.2. The van der Waals surface area contributed by atoms with Crippen molar-refractivity contribution >= 4 is 30.4 Å². The van der Waals surface area contributed by atoms with Gasteiger partial charge in [-0.2, -0.15) is 18.2 Å². The zero-order valence-corrected chi connectivity index (χ0v) is 25.2. The van der Waals surface area contributed by atoms with Gasteiger partial charge >= 0.3 is 19.6 Å². The molecule has 0 spiro atoms. The first-order chi connectivity index (χ1) is 19.9. The Kier molecular flexibility index (Phi) is 11.2. The Hall–Kier alpha value is -2.34. The summed E-state index contributed by atoms with van der Waals surface area (Å²) in [5, 5.41) is 33.0. The number of benzene rings is 1. The van der Waals surface area contributed by atoms with Gasteiger partial charge in [0, 0.05) is 18.5 Å². The van der Waals surface area contributed by atoms with Gasteiger partial charge in [0.2, 0.25) is 0 Å². The molecule has 1 saturated heterocycles. The van der Waals surface area contributed by atoms with Crippen molar-refractivity contribution in [1.29, 1.82) is 0 Å². The van der Waals surface area contributed by atoms with E-state index in [1.807, 2.05) is 0 Å². The standard InChI is InChI=1S/C25H34F3N4O9PS/c1-23(2,14-33)21(35)43-11-10-39-42(38,30-12-15-6-4-5-7-16(15)25(26,27)28)40-13-17-19(34)24(3,37)20(41-17)32-9-8-18(29)31-22(32)36/h4-9,17,19-20,33-34,37H,10-14H2,1-3H3,(H,30,38)(H2,29,31,36)/t17-,19+,20?,24?,42?/m1/s1. The van der Waals surface area contributed by atoms with Crippen LogP contribution in [-0.2, 0) is 35.9 Å². The van der Waals surface area contributed by atoms with Crippen LogP contribution in [0.2, 0.25) is 0 Å². The molecule has 3 unspecified atom stereocenters. The van der Waals surface area contributed by atoms with Crippen molar-refractivity contribution in [2.75, 3.05) is 31.3 Å². The molecule has 0 amide bonds. The SMILES string of the molecule is CC(C)(CO)C(=O)SCCOP(=O)(NCc1ccccc1C(F)(F)F)OC[C@H]1OC(n2ccc(N)nc2=O)C(C)(O)[C@H]1O. The third-order valence-corrected chi connectivity index (χ3v) is 9.32. The lowest BCUT2D eigenvalue weighted by Gasteiger charge is -2.27. The van der Waals surface area contributed by atoms with E-state index in [1.54, 1.807) is 0 Å². The maximum absolute atomic E-state index is 13.7. The number of thioether (sulfide) groups is 1. The van der Waals surface area contributed by atoms with Crippen LogP contribution in [0.25, 0.3) is 0 Å². The first-order valence-electron chi connectivity index (χ1n) is 12.9. The summed E-state index contributed by atoms with van der Waals surface area (Å²) < 4.78 is 71.5. The minimum Gasteiger partial charge on any atom is -0.395 e. The predicted octanol–water partition coefficient (Wildman–Crippen LogP) is 2.06. The summed E-state index contributed by atoms with van der Waals surface area (Å²) in [4.78, 5) is 28.1. The van der Waals surface area contributed by atoms with Crippen LogP contribution in [0.5, 0.6) is 0 Å². The van der Waals surface area contributed by atoms with Gasteiger partial charge in [-0.3, -0.25) is 18.4 Å². The van der Waals surface area contributed by atoms with Crippen molar-refractivity contribution in [3.05, 3.63) is 58.1 Å². The number of carbonyl (C=O) groups is 1. The van der Waals surface area contributed by atoms with Crippen LogP contribution >= 0.6 is 19.5 Å². The number of ether oxygens (including phenoxy) is 1. The zero-order valence-electron chi connectivity index (χ0n) is 23.5. The summed E-state index contributed by atoms with van der Waals surface area (Å²) in [6.07, 6.45) is -8.02. The van der Waals surface area contributed by atoms with Crippen molar-refractivity contribution < 1.29 is 51.6 Å². The van der Waals surface area contributed by atoms with Crippen LogP contribution in [0, 0.1) is 5.41 Å². The second-order valence-corrected chi connectivity index (χ2v) is 13.4. The van der Waals surface area contributed by atoms with Crippen molar-refractivity contribution in [1.82, 2.24) is 14.6 Å². The van der Waals surface area contributed by atoms with E-state index in [0.29, 0.717) is 0 Å². The van der Waals surface area contributed by atoms with E-state index < -0.39 is 74.4 Å². The number of aliphatic hydroxyl groups excluding tert-OH is 2. The van der Waals surface area contributed by atoms with E-state index in [0.717, 1.165) is 22.4 Å². The maximum atomic E-state index is 13.7. The van der Waals surface area contributed by atoms with E-state index in [1.165, 1.54) is 51.2 Å². The molecule has 1 aromatic heterocycles. The summed E-state index contributed by atoms with van der Waals surface area (Å²) in [7, 11) is -4.45. The number of hydrogen-bond donors (Lipinski definition) is 5. The van der Waals surface area contributed by atoms with Crippen molar-refractivity contribution in [3.63, 3.8) is 0 Å². The number of halogens is 3. The Balaban J connectivity index is 1.76. The molecular weight excluding hydrogens is 620 g/mol.